The highest BCUT2D eigenvalue weighted by atomic mass is 19.3. The van der Waals surface area contributed by atoms with Gasteiger partial charge in [-0.3, -0.25) is 4.79 Å². The van der Waals surface area contributed by atoms with Gasteiger partial charge >= 0.3 is 6.43 Å². The van der Waals surface area contributed by atoms with E-state index in [1.807, 2.05) is 0 Å². The first-order valence-corrected chi connectivity index (χ1v) is 4.41. The van der Waals surface area contributed by atoms with Gasteiger partial charge in [0.05, 0.1) is 0 Å². The lowest BCUT2D eigenvalue weighted by molar-refractivity contribution is -0.128. The number of hydrogen-bond acceptors (Lipinski definition) is 1. The normalized spacial score (nSPS) is 10.5. The third-order valence-electron chi connectivity index (χ3n) is 1.89. The van der Waals surface area contributed by atoms with E-state index in [0.29, 0.717) is 0 Å². The predicted molar refractivity (Wildman–Crippen MR) is 50.4 cm³/mol. The van der Waals surface area contributed by atoms with Crippen LogP contribution in [0.5, 0.6) is 0 Å². The highest BCUT2D eigenvalue weighted by molar-refractivity contribution is 5.95. The summed E-state index contributed by atoms with van der Waals surface area (Å²) in [5.41, 5.74) is 0.141. The van der Waals surface area contributed by atoms with Crippen molar-refractivity contribution in [1.82, 2.24) is 0 Å². The summed E-state index contributed by atoms with van der Waals surface area (Å²) in [5.74, 6) is -1.88. The van der Waals surface area contributed by atoms with Crippen molar-refractivity contribution in [2.75, 3.05) is 11.4 Å². The number of nitrogens with zero attached hydrogens (tertiary/aromatic N) is 1. The van der Waals surface area contributed by atoms with Crippen LogP contribution in [-0.2, 0) is 4.79 Å². The van der Waals surface area contributed by atoms with Gasteiger partial charge in [-0.25, -0.2) is 4.39 Å². The number of carbonyl (C=O) groups excluding carboxylic acids is 1. The maximum Gasteiger partial charge on any atom is 0.316 e. The Labute approximate surface area is 85.3 Å². The molecule has 5 heteroatoms. The van der Waals surface area contributed by atoms with Crippen LogP contribution in [0.3, 0.4) is 0 Å². The Balaban J connectivity index is 2.97. The molecule has 0 fully saturated rings. The Morgan fingerprint density at radius 3 is 2.60 bits per heavy atom. The molecular weight excluding hydrogens is 207 g/mol. The molecule has 0 N–H and O–H groups in total. The molecule has 0 heterocycles. The molecule has 0 saturated heterocycles. The Bertz CT molecular complexity index is 354. The monoisotopic (exact) mass is 217 g/mol. The van der Waals surface area contributed by atoms with Gasteiger partial charge in [0.1, 0.15) is 5.82 Å². The van der Waals surface area contributed by atoms with E-state index in [-0.39, 0.29) is 12.2 Å². The Morgan fingerprint density at radius 1 is 1.47 bits per heavy atom. The molecule has 0 aliphatic heterocycles. The summed E-state index contributed by atoms with van der Waals surface area (Å²) in [6, 6.07) is 5.01. The van der Waals surface area contributed by atoms with Gasteiger partial charge in [-0.15, -0.1) is 0 Å². The molecular formula is C10H10F3NO. The van der Waals surface area contributed by atoms with Gasteiger partial charge in [-0.2, -0.15) is 8.78 Å². The molecule has 82 valence electrons. The van der Waals surface area contributed by atoms with Crippen LogP contribution in [0, 0.1) is 5.82 Å². The van der Waals surface area contributed by atoms with Crippen LogP contribution in [0.2, 0.25) is 0 Å². The summed E-state index contributed by atoms with van der Waals surface area (Å²) in [6.07, 6.45) is -3.08. The number of rotatable bonds is 3. The Kier molecular flexibility index (Phi) is 3.71. The van der Waals surface area contributed by atoms with Crippen molar-refractivity contribution in [2.24, 2.45) is 0 Å². The Morgan fingerprint density at radius 2 is 2.13 bits per heavy atom. The fraction of sp³-hybridized carbons (Fsp3) is 0.300. The molecule has 0 unspecified atom stereocenters. The maximum atomic E-state index is 12.8. The quantitative estimate of drug-likeness (QED) is 0.761. The lowest BCUT2D eigenvalue weighted by Crippen LogP contribution is -2.35. The number of halogens is 3. The molecule has 1 rings (SSSR count). The van der Waals surface area contributed by atoms with Crippen LogP contribution in [0.1, 0.15) is 6.92 Å². The summed E-state index contributed by atoms with van der Waals surface area (Å²) in [5, 5.41) is 0. The fourth-order valence-corrected chi connectivity index (χ4v) is 1.23. The minimum Gasteiger partial charge on any atom is -0.308 e. The van der Waals surface area contributed by atoms with E-state index >= 15 is 0 Å². The largest absolute Gasteiger partial charge is 0.316 e. The van der Waals surface area contributed by atoms with E-state index in [4.69, 9.17) is 0 Å². The molecule has 0 radical (unpaired) electrons. The third kappa shape index (κ3) is 2.71. The van der Waals surface area contributed by atoms with Crippen molar-refractivity contribution in [1.29, 1.82) is 0 Å². The van der Waals surface area contributed by atoms with Gasteiger partial charge < -0.3 is 4.90 Å². The first-order chi connectivity index (χ1) is 7.06. The molecule has 0 spiro atoms. The van der Waals surface area contributed by atoms with Crippen molar-refractivity contribution in [2.45, 2.75) is 13.3 Å². The van der Waals surface area contributed by atoms with Crippen molar-refractivity contribution < 1.29 is 18.0 Å². The molecule has 0 aliphatic carbocycles. The smallest absolute Gasteiger partial charge is 0.308 e. The number of alkyl halides is 2. The highest BCUT2D eigenvalue weighted by Crippen LogP contribution is 2.17. The first-order valence-electron chi connectivity index (χ1n) is 4.41. The molecule has 1 aromatic carbocycles. The van der Waals surface area contributed by atoms with Crippen molar-refractivity contribution >= 4 is 11.6 Å². The summed E-state index contributed by atoms with van der Waals surface area (Å²) in [6.45, 7) is 1.62. The minimum atomic E-state index is -3.08. The number of carbonyl (C=O) groups is 1. The van der Waals surface area contributed by atoms with Crippen LogP contribution in [0.15, 0.2) is 24.3 Å². The number of hydrogen-bond donors (Lipinski definition) is 0. The van der Waals surface area contributed by atoms with Crippen LogP contribution in [0.25, 0.3) is 0 Å². The highest BCUT2D eigenvalue weighted by Gasteiger charge is 2.23. The van der Waals surface area contributed by atoms with E-state index < -0.39 is 18.1 Å². The molecule has 1 aromatic rings. The topological polar surface area (TPSA) is 20.3 Å². The molecule has 0 saturated carbocycles. The van der Waals surface area contributed by atoms with E-state index in [1.54, 1.807) is 6.92 Å². The van der Waals surface area contributed by atoms with Gasteiger partial charge in [0.2, 0.25) is 0 Å². The zero-order valence-electron chi connectivity index (χ0n) is 8.08. The molecule has 0 atom stereocenters. The Hall–Kier alpha value is -1.52. The SMILES string of the molecule is CCN(C(=O)C(F)F)c1cccc(F)c1. The number of amides is 1. The summed E-state index contributed by atoms with van der Waals surface area (Å²) >= 11 is 0. The van der Waals surface area contributed by atoms with Gasteiger partial charge in [-0.1, -0.05) is 6.07 Å². The van der Waals surface area contributed by atoms with E-state index in [1.165, 1.54) is 18.2 Å². The molecule has 0 bridgehead atoms. The van der Waals surface area contributed by atoms with Crippen LogP contribution in [-0.4, -0.2) is 18.9 Å². The van der Waals surface area contributed by atoms with Crippen LogP contribution >= 0.6 is 0 Å². The first kappa shape index (κ1) is 11.6. The zero-order chi connectivity index (χ0) is 11.4. The van der Waals surface area contributed by atoms with Crippen molar-refractivity contribution in [3.05, 3.63) is 30.1 Å². The third-order valence-corrected chi connectivity index (χ3v) is 1.89. The van der Waals surface area contributed by atoms with E-state index in [0.717, 1.165) is 11.0 Å². The van der Waals surface area contributed by atoms with Crippen molar-refractivity contribution in [3.63, 3.8) is 0 Å². The standard InChI is InChI=1S/C10H10F3NO/c1-2-14(10(15)9(12)13)8-5-3-4-7(11)6-8/h3-6,9H,2H2,1H3. The van der Waals surface area contributed by atoms with Gasteiger partial charge in [-0.05, 0) is 25.1 Å². The average Bonchev–Trinajstić information content (AvgIpc) is 2.18. The summed E-state index contributed by atoms with van der Waals surface area (Å²) < 4.78 is 37.1. The van der Waals surface area contributed by atoms with Gasteiger partial charge in [0, 0.05) is 12.2 Å². The van der Waals surface area contributed by atoms with Gasteiger partial charge in [0.25, 0.3) is 5.91 Å². The lowest BCUT2D eigenvalue weighted by Gasteiger charge is -2.20. The maximum absolute atomic E-state index is 12.8. The predicted octanol–water partition coefficient (Wildman–Crippen LogP) is 2.44. The molecule has 1 amide bonds. The van der Waals surface area contributed by atoms with E-state index in [2.05, 4.69) is 0 Å². The summed E-state index contributed by atoms with van der Waals surface area (Å²) in [4.78, 5) is 11.9. The number of anilines is 1. The molecule has 0 aliphatic rings. The van der Waals surface area contributed by atoms with Gasteiger partial charge in [0.15, 0.2) is 0 Å². The average molecular weight is 217 g/mol. The summed E-state index contributed by atoms with van der Waals surface area (Å²) in [7, 11) is 0. The second-order valence-corrected chi connectivity index (χ2v) is 2.86. The molecule has 2 nitrogen and oxygen atoms in total. The number of benzene rings is 1. The fourth-order valence-electron chi connectivity index (χ4n) is 1.23. The van der Waals surface area contributed by atoms with Crippen LogP contribution < -0.4 is 4.90 Å². The molecule has 15 heavy (non-hydrogen) atoms. The second kappa shape index (κ2) is 4.82. The second-order valence-electron chi connectivity index (χ2n) is 2.86. The minimum absolute atomic E-state index is 0.0760. The van der Waals surface area contributed by atoms with E-state index in [9.17, 15) is 18.0 Å². The molecule has 0 aromatic heterocycles. The lowest BCUT2D eigenvalue weighted by atomic mass is 10.2. The zero-order valence-corrected chi connectivity index (χ0v) is 8.08. The van der Waals surface area contributed by atoms with Crippen LogP contribution in [0.4, 0.5) is 18.9 Å². The van der Waals surface area contributed by atoms with Crippen molar-refractivity contribution in [3.8, 4) is 0 Å².